The van der Waals surface area contributed by atoms with Gasteiger partial charge in [0.05, 0.1) is 0 Å². The molecule has 3 aromatic carbocycles. The van der Waals surface area contributed by atoms with Crippen LogP contribution in [0.3, 0.4) is 0 Å². The van der Waals surface area contributed by atoms with Gasteiger partial charge in [-0.25, -0.2) is 4.57 Å². The SMILES string of the molecule is Cc1ccc(OP(=O)(Nc2ccccc2C)Oc2ccc(C)cc2)cc1. The highest BCUT2D eigenvalue weighted by atomic mass is 31.2. The Morgan fingerprint density at radius 3 is 1.62 bits per heavy atom. The lowest BCUT2D eigenvalue weighted by molar-refractivity contribution is 0.392. The first-order chi connectivity index (χ1) is 12.4. The Bertz CT molecular complexity index is 869. The van der Waals surface area contributed by atoms with E-state index in [4.69, 9.17) is 9.05 Å². The molecule has 4 nitrogen and oxygen atoms in total. The van der Waals surface area contributed by atoms with Crippen LogP contribution in [0.5, 0.6) is 11.5 Å². The van der Waals surface area contributed by atoms with Crippen LogP contribution in [0.1, 0.15) is 16.7 Å². The number of anilines is 1. The van der Waals surface area contributed by atoms with Crippen molar-refractivity contribution in [1.29, 1.82) is 0 Å². The lowest BCUT2D eigenvalue weighted by atomic mass is 10.2. The fraction of sp³-hybridized carbons (Fsp3) is 0.143. The van der Waals surface area contributed by atoms with Crippen molar-refractivity contribution < 1.29 is 13.6 Å². The van der Waals surface area contributed by atoms with E-state index in [1.165, 1.54) is 0 Å². The molecular formula is C21H22NO3P. The minimum absolute atomic E-state index is 0.479. The molecule has 0 aromatic heterocycles. The van der Waals surface area contributed by atoms with Gasteiger partial charge in [-0.15, -0.1) is 0 Å². The Hall–Kier alpha value is -2.71. The first-order valence-corrected chi connectivity index (χ1v) is 9.94. The first kappa shape index (κ1) is 18.1. The summed E-state index contributed by atoms with van der Waals surface area (Å²) in [6.07, 6.45) is 0. The van der Waals surface area contributed by atoms with Crippen LogP contribution in [0.15, 0.2) is 72.8 Å². The average molecular weight is 367 g/mol. The van der Waals surface area contributed by atoms with Gasteiger partial charge in [0.25, 0.3) is 0 Å². The number of aryl methyl sites for hydroxylation is 3. The molecule has 0 saturated carbocycles. The second-order valence-electron chi connectivity index (χ2n) is 6.23. The van der Waals surface area contributed by atoms with Crippen LogP contribution < -0.4 is 14.1 Å². The van der Waals surface area contributed by atoms with Crippen molar-refractivity contribution in [3.63, 3.8) is 0 Å². The summed E-state index contributed by atoms with van der Waals surface area (Å²) < 4.78 is 25.0. The van der Waals surface area contributed by atoms with Crippen LogP contribution in [0.2, 0.25) is 0 Å². The van der Waals surface area contributed by atoms with Gasteiger partial charge < -0.3 is 9.05 Å². The van der Waals surface area contributed by atoms with Crippen molar-refractivity contribution in [2.24, 2.45) is 0 Å². The maximum absolute atomic E-state index is 13.5. The number of hydrogen-bond acceptors (Lipinski definition) is 3. The molecule has 1 N–H and O–H groups in total. The Kier molecular flexibility index (Phi) is 5.34. The van der Waals surface area contributed by atoms with Crippen LogP contribution in [0.25, 0.3) is 0 Å². The number of nitrogens with one attached hydrogen (secondary N) is 1. The fourth-order valence-electron chi connectivity index (χ4n) is 2.39. The number of benzene rings is 3. The molecule has 3 rings (SSSR count). The van der Waals surface area contributed by atoms with Gasteiger partial charge in [0, 0.05) is 5.69 Å². The summed E-state index contributed by atoms with van der Waals surface area (Å²) in [5.74, 6) is 0.958. The molecule has 0 bridgehead atoms. The van der Waals surface area contributed by atoms with E-state index in [9.17, 15) is 4.57 Å². The maximum atomic E-state index is 13.5. The van der Waals surface area contributed by atoms with Gasteiger partial charge in [-0.1, -0.05) is 53.6 Å². The van der Waals surface area contributed by atoms with Crippen LogP contribution in [-0.4, -0.2) is 0 Å². The predicted octanol–water partition coefficient (Wildman–Crippen LogP) is 6.29. The molecule has 0 aliphatic rings. The van der Waals surface area contributed by atoms with E-state index in [-0.39, 0.29) is 0 Å². The third-order valence-electron chi connectivity index (χ3n) is 3.90. The number of hydrogen-bond donors (Lipinski definition) is 1. The van der Waals surface area contributed by atoms with Crippen molar-refractivity contribution in [2.75, 3.05) is 5.09 Å². The van der Waals surface area contributed by atoms with Crippen molar-refractivity contribution in [1.82, 2.24) is 0 Å². The molecule has 0 spiro atoms. The van der Waals surface area contributed by atoms with Gasteiger partial charge in [-0.2, -0.15) is 0 Å². The number of para-hydroxylation sites is 1. The van der Waals surface area contributed by atoms with Crippen molar-refractivity contribution >= 4 is 13.4 Å². The van der Waals surface area contributed by atoms with Gasteiger partial charge in [0.1, 0.15) is 11.5 Å². The Morgan fingerprint density at radius 1 is 0.692 bits per heavy atom. The Morgan fingerprint density at radius 2 is 1.15 bits per heavy atom. The van der Waals surface area contributed by atoms with E-state index >= 15 is 0 Å². The normalized spacial score (nSPS) is 11.0. The smallest absolute Gasteiger partial charge is 0.400 e. The molecule has 26 heavy (non-hydrogen) atoms. The molecule has 0 unspecified atom stereocenters. The third-order valence-corrected chi connectivity index (χ3v) is 5.31. The minimum Gasteiger partial charge on any atom is -0.400 e. The molecule has 0 radical (unpaired) electrons. The zero-order chi connectivity index (χ0) is 18.6. The zero-order valence-electron chi connectivity index (χ0n) is 15.1. The second-order valence-corrected chi connectivity index (χ2v) is 7.82. The molecule has 0 heterocycles. The predicted molar refractivity (Wildman–Crippen MR) is 106 cm³/mol. The molecule has 0 aliphatic carbocycles. The lowest BCUT2D eigenvalue weighted by Gasteiger charge is -2.22. The van der Waals surface area contributed by atoms with Crippen LogP contribution in [0, 0.1) is 20.8 Å². The molecule has 0 aliphatic heterocycles. The van der Waals surface area contributed by atoms with Gasteiger partial charge in [-0.05, 0) is 56.7 Å². The van der Waals surface area contributed by atoms with E-state index in [1.54, 1.807) is 24.3 Å². The van der Waals surface area contributed by atoms with Gasteiger partial charge in [-0.3, -0.25) is 5.09 Å². The standard InChI is InChI=1S/C21H22NO3P/c1-16-8-12-19(13-9-16)24-26(23,22-21-7-5-4-6-18(21)3)25-20-14-10-17(2)11-15-20/h4-15H,1-3H3,(H,22,23). The fourth-order valence-corrected chi connectivity index (χ4v) is 3.86. The van der Waals surface area contributed by atoms with Crippen molar-refractivity contribution in [2.45, 2.75) is 20.8 Å². The van der Waals surface area contributed by atoms with Crippen LogP contribution >= 0.6 is 7.75 Å². The highest BCUT2D eigenvalue weighted by molar-refractivity contribution is 7.56. The highest BCUT2D eigenvalue weighted by Crippen LogP contribution is 2.48. The molecule has 0 saturated heterocycles. The van der Waals surface area contributed by atoms with Crippen LogP contribution in [0.4, 0.5) is 5.69 Å². The average Bonchev–Trinajstić information content (AvgIpc) is 2.61. The Balaban J connectivity index is 1.91. The molecule has 5 heteroatoms. The largest absolute Gasteiger partial charge is 0.541 e. The summed E-state index contributed by atoms with van der Waals surface area (Å²) in [6.45, 7) is 5.90. The minimum atomic E-state index is -3.69. The topological polar surface area (TPSA) is 47.6 Å². The number of rotatable bonds is 6. The van der Waals surface area contributed by atoms with E-state index in [2.05, 4.69) is 5.09 Å². The zero-order valence-corrected chi connectivity index (χ0v) is 16.0. The summed E-state index contributed by atoms with van der Waals surface area (Å²) >= 11 is 0. The van der Waals surface area contributed by atoms with Gasteiger partial charge in [0.15, 0.2) is 0 Å². The summed E-state index contributed by atoms with van der Waals surface area (Å²) in [6, 6.07) is 22.3. The quantitative estimate of drug-likeness (QED) is 0.520. The Labute approximate surface area is 154 Å². The summed E-state index contributed by atoms with van der Waals surface area (Å²) in [5.41, 5.74) is 3.85. The highest BCUT2D eigenvalue weighted by Gasteiger charge is 2.29. The monoisotopic (exact) mass is 367 g/mol. The maximum Gasteiger partial charge on any atom is 0.541 e. The van der Waals surface area contributed by atoms with E-state index in [1.807, 2.05) is 69.3 Å². The lowest BCUT2D eigenvalue weighted by Crippen LogP contribution is -2.10. The summed E-state index contributed by atoms with van der Waals surface area (Å²) in [5, 5.41) is 2.96. The summed E-state index contributed by atoms with van der Waals surface area (Å²) in [4.78, 5) is 0. The summed E-state index contributed by atoms with van der Waals surface area (Å²) in [7, 11) is -3.69. The molecule has 0 fully saturated rings. The van der Waals surface area contributed by atoms with E-state index in [0.717, 1.165) is 16.7 Å². The molecular weight excluding hydrogens is 345 g/mol. The third kappa shape index (κ3) is 4.68. The first-order valence-electron chi connectivity index (χ1n) is 8.40. The second kappa shape index (κ2) is 7.67. The van der Waals surface area contributed by atoms with Gasteiger partial charge in [0.2, 0.25) is 0 Å². The van der Waals surface area contributed by atoms with E-state index in [0.29, 0.717) is 17.2 Å². The molecule has 0 atom stereocenters. The molecule has 134 valence electrons. The van der Waals surface area contributed by atoms with Gasteiger partial charge >= 0.3 is 7.75 Å². The molecule has 3 aromatic rings. The molecule has 0 amide bonds. The van der Waals surface area contributed by atoms with Crippen LogP contribution in [-0.2, 0) is 4.57 Å². The van der Waals surface area contributed by atoms with E-state index < -0.39 is 7.75 Å². The van der Waals surface area contributed by atoms with Crippen molar-refractivity contribution in [3.8, 4) is 11.5 Å². The van der Waals surface area contributed by atoms with Crippen molar-refractivity contribution in [3.05, 3.63) is 89.5 Å².